The van der Waals surface area contributed by atoms with Crippen LogP contribution < -0.4 is 34.9 Å². The highest BCUT2D eigenvalue weighted by Crippen LogP contribution is 2.62. The van der Waals surface area contributed by atoms with E-state index in [0.717, 1.165) is 16.7 Å². The lowest BCUT2D eigenvalue weighted by molar-refractivity contribution is -0.160. The van der Waals surface area contributed by atoms with Gasteiger partial charge < -0.3 is 49.8 Å². The van der Waals surface area contributed by atoms with Crippen LogP contribution in [0.3, 0.4) is 0 Å². The predicted molar refractivity (Wildman–Crippen MR) is 216 cm³/mol. The summed E-state index contributed by atoms with van der Waals surface area (Å²) in [7, 11) is 1.50. The van der Waals surface area contributed by atoms with Crippen molar-refractivity contribution in [3.05, 3.63) is 81.4 Å². The Labute approximate surface area is 345 Å². The Morgan fingerprint density at radius 1 is 1.05 bits per heavy atom. The summed E-state index contributed by atoms with van der Waals surface area (Å²) in [4.78, 5) is 55.8. The number of aliphatic hydroxyl groups excluding tert-OH is 1. The Hall–Kier alpha value is -5.29. The first-order valence-electron chi connectivity index (χ1n) is 19.7. The average Bonchev–Trinajstić information content (AvgIpc) is 3.70. The summed E-state index contributed by atoms with van der Waals surface area (Å²) in [6.45, 7) is 8.14. The van der Waals surface area contributed by atoms with Crippen LogP contribution in [0.15, 0.2) is 42.5 Å². The lowest BCUT2D eigenvalue weighted by atomic mass is 9.74. The fourth-order valence-electron chi connectivity index (χ4n) is 9.22. The molecule has 15 nitrogen and oxygen atoms in total. The van der Waals surface area contributed by atoms with Gasteiger partial charge in [-0.15, -0.1) is 11.8 Å². The topological polar surface area (TPSA) is 194 Å². The van der Waals surface area contributed by atoms with Crippen LogP contribution in [0.1, 0.15) is 77.0 Å². The van der Waals surface area contributed by atoms with E-state index in [1.165, 1.54) is 31.9 Å². The van der Waals surface area contributed by atoms with Gasteiger partial charge in [0.2, 0.25) is 18.6 Å². The van der Waals surface area contributed by atoms with Gasteiger partial charge >= 0.3 is 11.9 Å². The van der Waals surface area contributed by atoms with Crippen molar-refractivity contribution in [1.29, 1.82) is 0 Å². The molecule has 312 valence electrons. The molecule has 3 aromatic rings. The van der Waals surface area contributed by atoms with Crippen molar-refractivity contribution >= 4 is 41.6 Å². The molecule has 2 saturated heterocycles. The number of amides is 2. The zero-order chi connectivity index (χ0) is 41.9. The molecule has 2 amide bonds. The molecular weight excluding hydrogens is 781 g/mol. The number of hydrogen-bond donors (Lipinski definition) is 5. The maximum atomic E-state index is 14.1. The molecule has 16 heteroatoms. The lowest BCUT2D eigenvalue weighted by Crippen LogP contribution is -2.69. The van der Waals surface area contributed by atoms with Gasteiger partial charge in [-0.25, -0.2) is 4.79 Å². The van der Waals surface area contributed by atoms with E-state index in [1.54, 1.807) is 26.8 Å². The fourth-order valence-corrected chi connectivity index (χ4v) is 10.7. The number of nitrogens with zero attached hydrogens (tertiary/aromatic N) is 1. The number of phenolic OH excluding ortho intramolecular Hbond substituents is 1. The number of nitrogens with one attached hydrogen (secondary N) is 3. The number of esters is 2. The first kappa shape index (κ1) is 40.5. The van der Waals surface area contributed by atoms with E-state index in [-0.39, 0.29) is 36.6 Å². The second kappa shape index (κ2) is 16.0. The highest BCUT2D eigenvalue weighted by atomic mass is 32.2. The van der Waals surface area contributed by atoms with Gasteiger partial charge in [0.1, 0.15) is 30.7 Å². The van der Waals surface area contributed by atoms with Gasteiger partial charge in [-0.1, -0.05) is 50.2 Å². The zero-order valence-corrected chi connectivity index (χ0v) is 34.4. The lowest BCUT2D eigenvalue weighted by Gasteiger charge is -2.59. The minimum atomic E-state index is -1.17. The number of ether oxygens (including phenoxy) is 5. The number of fused-ring (bicyclic) bond motifs is 10. The Morgan fingerprint density at radius 2 is 1.80 bits per heavy atom. The highest BCUT2D eigenvalue weighted by molar-refractivity contribution is 7.99. The van der Waals surface area contributed by atoms with Gasteiger partial charge in [0.05, 0.1) is 30.5 Å². The summed E-state index contributed by atoms with van der Waals surface area (Å²) in [6.07, 6.45) is 2.29. The van der Waals surface area contributed by atoms with E-state index in [4.69, 9.17) is 23.7 Å². The van der Waals surface area contributed by atoms with E-state index in [2.05, 4.69) is 16.0 Å². The van der Waals surface area contributed by atoms with Crippen LogP contribution in [0, 0.1) is 19.8 Å². The number of carbonyl (C=O) groups is 4. The second-order valence-electron chi connectivity index (χ2n) is 15.8. The van der Waals surface area contributed by atoms with Crippen molar-refractivity contribution in [3.63, 3.8) is 0 Å². The minimum Gasteiger partial charge on any atom is -0.504 e. The van der Waals surface area contributed by atoms with Crippen LogP contribution in [-0.4, -0.2) is 95.5 Å². The molecule has 0 aliphatic carbocycles. The van der Waals surface area contributed by atoms with Crippen LogP contribution in [-0.2, 0) is 30.3 Å². The van der Waals surface area contributed by atoms with Gasteiger partial charge in [-0.05, 0) is 49.0 Å². The van der Waals surface area contributed by atoms with Gasteiger partial charge in [-0.3, -0.25) is 19.3 Å². The first-order valence-corrected chi connectivity index (χ1v) is 20.7. The third kappa shape index (κ3) is 7.15. The zero-order valence-electron chi connectivity index (χ0n) is 33.6. The standard InChI is InChI=1S/C43H48N4O11S/c1-19(2)32(46-28(49)13-12-23-10-8-7-9-11-23)41(51)45-26-17-59-40-31-30(39-38(56-18-57-39)21(4)37(31)58-22(5)48)27(16-55-43(26)53)47-34(40)33-29-24(15-25(44-33)42(47)52)14-20(3)36(54-6)35(29)50/h7-14,19,25-27,32-34,40,42,44,50,52H,15-18H2,1-6H3,(H,45,51)(H,46,49)/b13-12+/t25-,26+,27+,32?,33-,34?,40-,42+/m1/s1. The van der Waals surface area contributed by atoms with Crippen LogP contribution >= 0.6 is 11.8 Å². The molecule has 59 heavy (non-hydrogen) atoms. The normalized spacial score (nSPS) is 26.0. The summed E-state index contributed by atoms with van der Waals surface area (Å²) in [5.74, 6) is -1.33. The number of benzene rings is 3. The summed E-state index contributed by atoms with van der Waals surface area (Å²) in [5, 5.41) is 32.7. The Balaban J connectivity index is 1.20. The number of hydrogen-bond acceptors (Lipinski definition) is 14. The monoisotopic (exact) mass is 828 g/mol. The van der Waals surface area contributed by atoms with E-state index >= 15 is 0 Å². The highest BCUT2D eigenvalue weighted by Gasteiger charge is 2.58. The van der Waals surface area contributed by atoms with Gasteiger partial charge in [0, 0.05) is 47.0 Å². The molecular formula is C43H48N4O11S. The number of aromatic hydroxyl groups is 1. The average molecular weight is 829 g/mol. The van der Waals surface area contributed by atoms with Gasteiger partial charge in [-0.2, -0.15) is 0 Å². The molecule has 2 fully saturated rings. The Bertz CT molecular complexity index is 2230. The number of methoxy groups -OCH3 is 1. The van der Waals surface area contributed by atoms with E-state index < -0.39 is 71.5 Å². The molecule has 8 atom stereocenters. The van der Waals surface area contributed by atoms with Crippen LogP contribution in [0.2, 0.25) is 0 Å². The number of piperazine rings is 1. The second-order valence-corrected chi connectivity index (χ2v) is 17.0. The van der Waals surface area contributed by atoms with Crippen molar-refractivity contribution in [3.8, 4) is 28.7 Å². The molecule has 3 aromatic carbocycles. The Morgan fingerprint density at radius 3 is 2.51 bits per heavy atom. The van der Waals surface area contributed by atoms with Crippen molar-refractivity contribution < 1.29 is 53.1 Å². The number of thioether (sulfide) groups is 1. The molecule has 0 radical (unpaired) electrons. The third-order valence-corrected chi connectivity index (χ3v) is 13.2. The first-order chi connectivity index (χ1) is 28.3. The number of rotatable bonds is 8. The fraction of sp³-hybridized carbons (Fsp3) is 0.442. The van der Waals surface area contributed by atoms with E-state index in [1.807, 2.05) is 48.2 Å². The number of aryl methyl sites for hydroxylation is 1. The maximum Gasteiger partial charge on any atom is 0.329 e. The minimum absolute atomic E-state index is 0.0213. The van der Waals surface area contributed by atoms with Crippen molar-refractivity contribution in [1.82, 2.24) is 20.9 Å². The Kier molecular flexibility index (Phi) is 11.0. The van der Waals surface area contributed by atoms with Crippen LogP contribution in [0.25, 0.3) is 6.08 Å². The molecule has 6 heterocycles. The molecule has 5 N–H and O–H groups in total. The third-order valence-electron chi connectivity index (χ3n) is 11.8. The van der Waals surface area contributed by atoms with E-state index in [9.17, 15) is 29.4 Å². The summed E-state index contributed by atoms with van der Waals surface area (Å²) in [6, 6.07) is 6.51. The van der Waals surface area contributed by atoms with Crippen molar-refractivity contribution in [2.75, 3.05) is 26.3 Å². The smallest absolute Gasteiger partial charge is 0.329 e. The van der Waals surface area contributed by atoms with E-state index in [0.29, 0.717) is 45.9 Å². The molecule has 9 rings (SSSR count). The summed E-state index contributed by atoms with van der Waals surface area (Å²) < 4.78 is 29.8. The summed E-state index contributed by atoms with van der Waals surface area (Å²) >= 11 is 1.31. The van der Waals surface area contributed by atoms with Gasteiger partial charge in [0.25, 0.3) is 0 Å². The molecule has 0 saturated carbocycles. The molecule has 0 spiro atoms. The largest absolute Gasteiger partial charge is 0.504 e. The number of phenols is 1. The number of carbonyl (C=O) groups excluding carboxylic acids is 4. The molecule has 6 aliphatic rings. The van der Waals surface area contributed by atoms with Crippen LogP contribution in [0.4, 0.5) is 0 Å². The molecule has 0 aromatic heterocycles. The predicted octanol–water partition coefficient (Wildman–Crippen LogP) is 3.65. The maximum absolute atomic E-state index is 14.1. The molecule has 2 unspecified atom stereocenters. The number of aliphatic hydroxyl groups is 1. The van der Waals surface area contributed by atoms with Crippen LogP contribution in [0.5, 0.6) is 28.7 Å². The van der Waals surface area contributed by atoms with Crippen molar-refractivity contribution in [2.24, 2.45) is 5.92 Å². The SMILES string of the molecule is COc1c(C)cc2c(c1O)[C@H]1N[C@H](C2)[C@H](O)N2C1[C@@H]1SC[C@H](NC(=O)C(NC(=O)/C=C/c3ccccc3)C(C)C)C(=O)OC[C@H]2c2c3c(c(C)c(OC(C)=O)c21)OCO3. The molecule has 4 bridgehead atoms. The van der Waals surface area contributed by atoms with Crippen molar-refractivity contribution in [2.45, 2.75) is 88.8 Å². The summed E-state index contributed by atoms with van der Waals surface area (Å²) in [5.41, 5.74) is 4.71. The molecule has 6 aliphatic heterocycles. The van der Waals surface area contributed by atoms with Gasteiger partial charge in [0.15, 0.2) is 23.0 Å². The quantitative estimate of drug-likeness (QED) is 0.126.